The number of nitrogens with zero attached hydrogens (tertiary/aromatic N) is 1. The monoisotopic (exact) mass is 216 g/mol. The SMILES string of the molecule is CNC(=O)C(C#N)=Cc1ccc(OC)cc1. The van der Waals surface area contributed by atoms with Crippen LogP contribution in [0.2, 0.25) is 0 Å². The van der Waals surface area contributed by atoms with E-state index >= 15 is 0 Å². The first kappa shape index (κ1) is 11.8. The molecule has 0 saturated heterocycles. The van der Waals surface area contributed by atoms with Crippen LogP contribution < -0.4 is 10.1 Å². The Hall–Kier alpha value is -2.28. The number of hydrogen-bond donors (Lipinski definition) is 1. The van der Waals surface area contributed by atoms with Crippen molar-refractivity contribution in [1.82, 2.24) is 5.32 Å². The molecule has 0 aromatic heterocycles. The van der Waals surface area contributed by atoms with Crippen LogP contribution in [-0.2, 0) is 4.79 Å². The third-order valence-corrected chi connectivity index (χ3v) is 2.02. The van der Waals surface area contributed by atoms with Crippen molar-refractivity contribution < 1.29 is 9.53 Å². The van der Waals surface area contributed by atoms with Gasteiger partial charge in [-0.15, -0.1) is 0 Å². The maximum Gasteiger partial charge on any atom is 0.261 e. The predicted molar refractivity (Wildman–Crippen MR) is 60.7 cm³/mol. The van der Waals surface area contributed by atoms with E-state index in [9.17, 15) is 4.79 Å². The van der Waals surface area contributed by atoms with Gasteiger partial charge in [0.05, 0.1) is 7.11 Å². The quantitative estimate of drug-likeness (QED) is 0.612. The zero-order valence-electron chi connectivity index (χ0n) is 9.15. The molecular formula is C12H12N2O2. The highest BCUT2D eigenvalue weighted by atomic mass is 16.5. The highest BCUT2D eigenvalue weighted by Gasteiger charge is 2.05. The average molecular weight is 216 g/mol. The molecule has 4 nitrogen and oxygen atoms in total. The van der Waals surface area contributed by atoms with E-state index in [1.54, 1.807) is 31.4 Å². The van der Waals surface area contributed by atoms with Crippen molar-refractivity contribution in [3.05, 3.63) is 35.4 Å². The number of methoxy groups -OCH3 is 1. The molecule has 0 atom stereocenters. The Morgan fingerprint density at radius 3 is 2.50 bits per heavy atom. The zero-order chi connectivity index (χ0) is 12.0. The van der Waals surface area contributed by atoms with Crippen LogP contribution in [0.15, 0.2) is 29.8 Å². The molecule has 82 valence electrons. The van der Waals surface area contributed by atoms with Crippen molar-refractivity contribution in [2.75, 3.05) is 14.2 Å². The van der Waals surface area contributed by atoms with E-state index < -0.39 is 5.91 Å². The van der Waals surface area contributed by atoms with Crippen molar-refractivity contribution in [2.24, 2.45) is 0 Å². The molecule has 1 rings (SSSR count). The number of amides is 1. The van der Waals surface area contributed by atoms with Crippen LogP contribution in [0.4, 0.5) is 0 Å². The summed E-state index contributed by atoms with van der Waals surface area (Å²) in [6, 6.07) is 8.94. The van der Waals surface area contributed by atoms with Crippen LogP contribution in [0, 0.1) is 11.3 Å². The molecule has 0 fully saturated rings. The molecule has 1 N–H and O–H groups in total. The lowest BCUT2D eigenvalue weighted by Gasteiger charge is -2.00. The van der Waals surface area contributed by atoms with Gasteiger partial charge in [-0.25, -0.2) is 0 Å². The van der Waals surface area contributed by atoms with Gasteiger partial charge in [-0.1, -0.05) is 12.1 Å². The minimum Gasteiger partial charge on any atom is -0.497 e. The van der Waals surface area contributed by atoms with Crippen molar-refractivity contribution in [3.63, 3.8) is 0 Å². The first-order valence-electron chi connectivity index (χ1n) is 4.69. The fraction of sp³-hybridized carbons (Fsp3) is 0.167. The van der Waals surface area contributed by atoms with Crippen LogP contribution in [0.1, 0.15) is 5.56 Å². The van der Waals surface area contributed by atoms with E-state index in [1.165, 1.54) is 13.1 Å². The van der Waals surface area contributed by atoms with Gasteiger partial charge < -0.3 is 10.1 Å². The molecule has 0 bridgehead atoms. The van der Waals surface area contributed by atoms with Gasteiger partial charge >= 0.3 is 0 Å². The molecule has 1 amide bonds. The second-order valence-electron chi connectivity index (χ2n) is 3.02. The van der Waals surface area contributed by atoms with Crippen LogP contribution in [0.5, 0.6) is 5.75 Å². The van der Waals surface area contributed by atoms with Crippen molar-refractivity contribution >= 4 is 12.0 Å². The molecule has 0 spiro atoms. The summed E-state index contributed by atoms with van der Waals surface area (Å²) in [4.78, 5) is 11.2. The molecule has 0 saturated carbocycles. The Morgan fingerprint density at radius 2 is 2.06 bits per heavy atom. The van der Waals surface area contributed by atoms with E-state index in [2.05, 4.69) is 5.32 Å². The minimum atomic E-state index is -0.390. The van der Waals surface area contributed by atoms with Gasteiger partial charge in [0.15, 0.2) is 0 Å². The van der Waals surface area contributed by atoms with E-state index in [4.69, 9.17) is 10.00 Å². The lowest BCUT2D eigenvalue weighted by molar-refractivity contribution is -0.116. The molecule has 0 aliphatic heterocycles. The number of benzene rings is 1. The summed E-state index contributed by atoms with van der Waals surface area (Å²) in [5, 5.41) is 11.2. The number of nitriles is 1. The molecule has 1 aromatic rings. The smallest absolute Gasteiger partial charge is 0.261 e. The summed E-state index contributed by atoms with van der Waals surface area (Å²) in [5.41, 5.74) is 0.855. The number of ether oxygens (including phenoxy) is 1. The lowest BCUT2D eigenvalue weighted by atomic mass is 10.1. The van der Waals surface area contributed by atoms with Crippen LogP contribution in [0.3, 0.4) is 0 Å². The Kier molecular flexibility index (Phi) is 4.10. The summed E-state index contributed by atoms with van der Waals surface area (Å²) < 4.78 is 5.00. The maximum absolute atomic E-state index is 11.2. The number of nitrogens with one attached hydrogen (secondary N) is 1. The molecule has 4 heteroatoms. The minimum absolute atomic E-state index is 0.0765. The highest BCUT2D eigenvalue weighted by molar-refractivity contribution is 6.01. The van der Waals surface area contributed by atoms with Gasteiger partial charge in [0.2, 0.25) is 0 Å². The van der Waals surface area contributed by atoms with Gasteiger partial charge in [-0.2, -0.15) is 5.26 Å². The molecule has 0 heterocycles. The lowest BCUT2D eigenvalue weighted by Crippen LogP contribution is -2.19. The average Bonchev–Trinajstić information content (AvgIpc) is 2.35. The molecule has 0 radical (unpaired) electrons. The number of carbonyl (C=O) groups excluding carboxylic acids is 1. The second kappa shape index (κ2) is 5.56. The Labute approximate surface area is 94.1 Å². The Bertz CT molecular complexity index is 441. The standard InChI is InChI=1S/C12H12N2O2/c1-14-12(15)10(8-13)7-9-3-5-11(16-2)6-4-9/h3-7H,1-2H3,(H,14,15). The van der Waals surface area contributed by atoms with E-state index in [0.717, 1.165) is 11.3 Å². The van der Waals surface area contributed by atoms with E-state index in [1.807, 2.05) is 6.07 Å². The van der Waals surface area contributed by atoms with Gasteiger partial charge in [-0.05, 0) is 23.8 Å². The number of carbonyl (C=O) groups is 1. The number of hydrogen-bond acceptors (Lipinski definition) is 3. The summed E-state index contributed by atoms with van der Waals surface area (Å²) >= 11 is 0. The molecule has 0 unspecified atom stereocenters. The summed E-state index contributed by atoms with van der Waals surface area (Å²) in [6.45, 7) is 0. The molecule has 0 aliphatic carbocycles. The van der Waals surface area contributed by atoms with Gasteiger partial charge in [-0.3, -0.25) is 4.79 Å². The van der Waals surface area contributed by atoms with Crippen LogP contribution in [0.25, 0.3) is 6.08 Å². The first-order valence-corrected chi connectivity index (χ1v) is 4.69. The fourth-order valence-electron chi connectivity index (χ4n) is 1.15. The Balaban J connectivity index is 2.96. The van der Waals surface area contributed by atoms with Crippen molar-refractivity contribution in [2.45, 2.75) is 0 Å². The highest BCUT2D eigenvalue weighted by Crippen LogP contribution is 2.13. The van der Waals surface area contributed by atoms with E-state index in [0.29, 0.717) is 0 Å². The third kappa shape index (κ3) is 2.85. The topological polar surface area (TPSA) is 62.1 Å². The Morgan fingerprint density at radius 1 is 1.44 bits per heavy atom. The van der Waals surface area contributed by atoms with Gasteiger partial charge in [0.25, 0.3) is 5.91 Å². The zero-order valence-corrected chi connectivity index (χ0v) is 9.15. The van der Waals surface area contributed by atoms with Crippen LogP contribution >= 0.6 is 0 Å². The van der Waals surface area contributed by atoms with E-state index in [-0.39, 0.29) is 5.57 Å². The second-order valence-corrected chi connectivity index (χ2v) is 3.02. The summed E-state index contributed by atoms with van der Waals surface area (Å²) in [6.07, 6.45) is 1.53. The first-order chi connectivity index (χ1) is 7.71. The summed E-state index contributed by atoms with van der Waals surface area (Å²) in [5.74, 6) is 0.342. The maximum atomic E-state index is 11.2. The largest absolute Gasteiger partial charge is 0.497 e. The van der Waals surface area contributed by atoms with Crippen molar-refractivity contribution in [1.29, 1.82) is 5.26 Å². The number of likely N-dealkylation sites (N-methyl/N-ethyl adjacent to an activating group) is 1. The van der Waals surface area contributed by atoms with Gasteiger partial charge in [0, 0.05) is 7.05 Å². The fourth-order valence-corrected chi connectivity index (χ4v) is 1.15. The molecular weight excluding hydrogens is 204 g/mol. The van der Waals surface area contributed by atoms with Gasteiger partial charge in [0.1, 0.15) is 17.4 Å². The molecule has 16 heavy (non-hydrogen) atoms. The van der Waals surface area contributed by atoms with Crippen LogP contribution in [-0.4, -0.2) is 20.1 Å². The normalized spacial score (nSPS) is 10.4. The molecule has 1 aromatic carbocycles. The predicted octanol–water partition coefficient (Wildman–Crippen LogP) is 1.35. The summed E-state index contributed by atoms with van der Waals surface area (Å²) in [7, 11) is 3.07. The van der Waals surface area contributed by atoms with Crippen molar-refractivity contribution in [3.8, 4) is 11.8 Å². The molecule has 0 aliphatic rings. The number of rotatable bonds is 3. The third-order valence-electron chi connectivity index (χ3n) is 2.02.